The summed E-state index contributed by atoms with van der Waals surface area (Å²) >= 11 is 7.49. The van der Waals surface area contributed by atoms with Crippen molar-refractivity contribution in [2.45, 2.75) is 0 Å². The maximum Gasteiger partial charge on any atom is 0.256 e. The molecule has 26 heavy (non-hydrogen) atoms. The number of hydrogen-bond donors (Lipinski definition) is 3. The normalized spacial score (nSPS) is 14.4. The van der Waals surface area contributed by atoms with Gasteiger partial charge in [0.15, 0.2) is 5.13 Å². The highest BCUT2D eigenvalue weighted by atomic mass is 35.5. The van der Waals surface area contributed by atoms with Gasteiger partial charge in [0.05, 0.1) is 10.7 Å². The number of halogens is 1. The first-order valence-electron chi connectivity index (χ1n) is 7.85. The van der Waals surface area contributed by atoms with Crippen LogP contribution in [0.15, 0.2) is 41.8 Å². The van der Waals surface area contributed by atoms with Gasteiger partial charge in [0.25, 0.3) is 5.91 Å². The lowest BCUT2D eigenvalue weighted by Crippen LogP contribution is -2.03. The monoisotopic (exact) mass is 383 g/mol. The molecule has 2 aromatic carbocycles. The Morgan fingerprint density at radius 1 is 1.27 bits per heavy atom. The number of carbonyl (C=O) groups excluding carboxylic acids is 1. The number of phenols is 1. The highest BCUT2D eigenvalue weighted by Gasteiger charge is 2.25. The number of thiazole rings is 1. The SMILES string of the molecule is CNc1nc(-c2ccc3c(c2)C(=Cc2ccc(O)c(Cl)c2)C(=O)N3)cs1. The van der Waals surface area contributed by atoms with Gasteiger partial charge < -0.3 is 15.7 Å². The Morgan fingerprint density at radius 2 is 2.12 bits per heavy atom. The van der Waals surface area contributed by atoms with Crippen molar-refractivity contribution < 1.29 is 9.90 Å². The van der Waals surface area contributed by atoms with Crippen LogP contribution in [0.25, 0.3) is 22.9 Å². The van der Waals surface area contributed by atoms with Crippen LogP contribution in [0.2, 0.25) is 5.02 Å². The van der Waals surface area contributed by atoms with Gasteiger partial charge in [-0.1, -0.05) is 23.7 Å². The topological polar surface area (TPSA) is 74.2 Å². The number of aromatic hydroxyl groups is 1. The van der Waals surface area contributed by atoms with E-state index in [4.69, 9.17) is 11.6 Å². The molecule has 0 radical (unpaired) electrons. The molecular formula is C19H14ClN3O2S. The minimum absolute atomic E-state index is 0.0104. The van der Waals surface area contributed by atoms with Gasteiger partial charge in [-0.05, 0) is 35.9 Å². The van der Waals surface area contributed by atoms with E-state index in [1.54, 1.807) is 18.2 Å². The fourth-order valence-electron chi connectivity index (χ4n) is 2.79. The van der Waals surface area contributed by atoms with Crippen LogP contribution in [0.1, 0.15) is 11.1 Å². The Balaban J connectivity index is 1.77. The molecule has 0 fully saturated rings. The third kappa shape index (κ3) is 2.94. The zero-order chi connectivity index (χ0) is 18.3. The second-order valence-corrected chi connectivity index (χ2v) is 7.04. The predicted octanol–water partition coefficient (Wildman–Crippen LogP) is 4.70. The molecule has 0 unspecified atom stereocenters. The molecule has 0 spiro atoms. The summed E-state index contributed by atoms with van der Waals surface area (Å²) in [6.45, 7) is 0. The molecule has 7 heteroatoms. The lowest BCUT2D eigenvalue weighted by Gasteiger charge is -2.03. The Kier molecular flexibility index (Phi) is 4.14. The third-order valence-corrected chi connectivity index (χ3v) is 5.26. The molecule has 0 aliphatic carbocycles. The Morgan fingerprint density at radius 3 is 2.85 bits per heavy atom. The number of nitrogens with one attached hydrogen (secondary N) is 2. The van der Waals surface area contributed by atoms with E-state index >= 15 is 0 Å². The highest BCUT2D eigenvalue weighted by Crippen LogP contribution is 2.37. The van der Waals surface area contributed by atoms with Crippen molar-refractivity contribution in [3.8, 4) is 17.0 Å². The van der Waals surface area contributed by atoms with Crippen LogP contribution < -0.4 is 10.6 Å². The van der Waals surface area contributed by atoms with Crippen molar-refractivity contribution in [1.82, 2.24) is 4.98 Å². The van der Waals surface area contributed by atoms with Crippen molar-refractivity contribution >= 4 is 51.3 Å². The lowest BCUT2D eigenvalue weighted by molar-refractivity contribution is -0.110. The summed E-state index contributed by atoms with van der Waals surface area (Å²) in [6.07, 6.45) is 1.76. The van der Waals surface area contributed by atoms with E-state index in [-0.39, 0.29) is 16.7 Å². The summed E-state index contributed by atoms with van der Waals surface area (Å²) in [5, 5.41) is 18.5. The molecule has 1 aromatic heterocycles. The van der Waals surface area contributed by atoms with Gasteiger partial charge in [-0.3, -0.25) is 4.79 Å². The largest absolute Gasteiger partial charge is 0.506 e. The van der Waals surface area contributed by atoms with Gasteiger partial charge in [-0.25, -0.2) is 4.98 Å². The first-order chi connectivity index (χ1) is 12.5. The minimum atomic E-state index is -0.171. The maximum absolute atomic E-state index is 12.4. The Bertz CT molecular complexity index is 1060. The molecule has 0 atom stereocenters. The van der Waals surface area contributed by atoms with E-state index in [0.717, 1.165) is 33.2 Å². The molecule has 0 bridgehead atoms. The van der Waals surface area contributed by atoms with E-state index in [1.807, 2.05) is 30.6 Å². The Hall–Kier alpha value is -2.83. The summed E-state index contributed by atoms with van der Waals surface area (Å²) in [4.78, 5) is 16.9. The number of hydrogen-bond acceptors (Lipinski definition) is 5. The first-order valence-corrected chi connectivity index (χ1v) is 9.10. The molecule has 3 N–H and O–H groups in total. The number of carbonyl (C=O) groups is 1. The van der Waals surface area contributed by atoms with Crippen molar-refractivity contribution in [1.29, 1.82) is 0 Å². The average Bonchev–Trinajstić information content (AvgIpc) is 3.23. The van der Waals surface area contributed by atoms with Gasteiger partial charge in [0.2, 0.25) is 0 Å². The number of phenolic OH excluding ortho intramolecular Hbond substituents is 1. The number of anilines is 2. The lowest BCUT2D eigenvalue weighted by atomic mass is 10.0. The van der Waals surface area contributed by atoms with Crippen molar-refractivity contribution in [2.75, 3.05) is 17.7 Å². The van der Waals surface area contributed by atoms with Crippen LogP contribution in [0.3, 0.4) is 0 Å². The predicted molar refractivity (Wildman–Crippen MR) is 107 cm³/mol. The molecule has 1 amide bonds. The third-order valence-electron chi connectivity index (χ3n) is 4.10. The summed E-state index contributed by atoms with van der Waals surface area (Å²) in [5.41, 5.74) is 4.66. The fraction of sp³-hybridized carbons (Fsp3) is 0.0526. The summed E-state index contributed by atoms with van der Waals surface area (Å²) in [6, 6.07) is 10.6. The van der Waals surface area contributed by atoms with Crippen molar-refractivity contribution in [3.05, 3.63) is 57.9 Å². The number of rotatable bonds is 3. The second kappa shape index (κ2) is 6.48. The zero-order valence-corrected chi connectivity index (χ0v) is 15.3. The second-order valence-electron chi connectivity index (χ2n) is 5.77. The molecule has 0 saturated carbocycles. The van der Waals surface area contributed by atoms with E-state index in [9.17, 15) is 9.90 Å². The van der Waals surface area contributed by atoms with Crippen molar-refractivity contribution in [3.63, 3.8) is 0 Å². The van der Waals surface area contributed by atoms with Crippen LogP contribution >= 0.6 is 22.9 Å². The zero-order valence-electron chi connectivity index (χ0n) is 13.7. The number of nitrogens with zero attached hydrogens (tertiary/aromatic N) is 1. The number of amides is 1. The van der Waals surface area contributed by atoms with E-state index in [0.29, 0.717) is 5.57 Å². The summed E-state index contributed by atoms with van der Waals surface area (Å²) in [5.74, 6) is -0.160. The van der Waals surface area contributed by atoms with Crippen LogP contribution in [0, 0.1) is 0 Å². The van der Waals surface area contributed by atoms with Crippen LogP contribution in [0.5, 0.6) is 5.75 Å². The smallest absolute Gasteiger partial charge is 0.256 e. The summed E-state index contributed by atoms with van der Waals surface area (Å²) < 4.78 is 0. The van der Waals surface area contributed by atoms with Gasteiger partial charge in [0.1, 0.15) is 5.75 Å². The summed E-state index contributed by atoms with van der Waals surface area (Å²) in [7, 11) is 1.83. The first kappa shape index (κ1) is 16.6. The highest BCUT2D eigenvalue weighted by molar-refractivity contribution is 7.14. The quantitative estimate of drug-likeness (QED) is 0.573. The van der Waals surface area contributed by atoms with Crippen molar-refractivity contribution in [2.24, 2.45) is 0 Å². The molecule has 5 nitrogen and oxygen atoms in total. The molecule has 4 rings (SSSR count). The fourth-order valence-corrected chi connectivity index (χ4v) is 3.66. The molecular weight excluding hydrogens is 370 g/mol. The van der Waals surface area contributed by atoms with Gasteiger partial charge in [0, 0.05) is 34.8 Å². The van der Waals surface area contributed by atoms with Crippen LogP contribution in [-0.2, 0) is 4.79 Å². The molecule has 0 saturated heterocycles. The van der Waals surface area contributed by atoms with E-state index in [2.05, 4.69) is 15.6 Å². The maximum atomic E-state index is 12.4. The minimum Gasteiger partial charge on any atom is -0.506 e. The van der Waals surface area contributed by atoms with E-state index < -0.39 is 0 Å². The average molecular weight is 384 g/mol. The molecule has 2 heterocycles. The van der Waals surface area contributed by atoms with Crippen LogP contribution in [-0.4, -0.2) is 23.0 Å². The van der Waals surface area contributed by atoms with Gasteiger partial charge >= 0.3 is 0 Å². The Labute approximate surface area is 159 Å². The van der Waals surface area contributed by atoms with Crippen LogP contribution in [0.4, 0.5) is 10.8 Å². The van der Waals surface area contributed by atoms with E-state index in [1.165, 1.54) is 17.4 Å². The van der Waals surface area contributed by atoms with Gasteiger partial charge in [-0.2, -0.15) is 0 Å². The number of fused-ring (bicyclic) bond motifs is 1. The molecule has 1 aliphatic heterocycles. The number of aromatic nitrogens is 1. The molecule has 3 aromatic rings. The molecule has 1 aliphatic rings. The standard InChI is InChI=1S/C19H14ClN3O2S/c1-21-19-23-16(9-26-19)11-3-4-15-12(8-11)13(18(25)22-15)6-10-2-5-17(24)14(20)7-10/h2-9,24H,1H3,(H,21,23)(H,22,25). The number of benzene rings is 2. The van der Waals surface area contributed by atoms with Gasteiger partial charge in [-0.15, -0.1) is 11.3 Å². The molecule has 130 valence electrons.